The molecule has 0 atom stereocenters. The van der Waals surface area contributed by atoms with Gasteiger partial charge in [-0.05, 0) is 26.7 Å². The van der Waals surface area contributed by atoms with E-state index in [-0.39, 0.29) is 18.4 Å². The fourth-order valence-corrected chi connectivity index (χ4v) is 2.54. The van der Waals surface area contributed by atoms with Crippen LogP contribution in [0.25, 0.3) is 0 Å². The van der Waals surface area contributed by atoms with Crippen molar-refractivity contribution in [2.24, 2.45) is 0 Å². The monoisotopic (exact) mass is 281 g/mol. The summed E-state index contributed by atoms with van der Waals surface area (Å²) in [7, 11) is 0. The normalized spacial score (nSPS) is 11.9. The zero-order valence-corrected chi connectivity index (χ0v) is 13.0. The molecule has 1 amide bonds. The summed E-state index contributed by atoms with van der Waals surface area (Å²) in [6.45, 7) is 8.05. The first-order chi connectivity index (χ1) is 9.41. The molecule has 1 aromatic rings. The van der Waals surface area contributed by atoms with Crippen molar-refractivity contribution in [1.29, 1.82) is 0 Å². The maximum Gasteiger partial charge on any atom is 0.228 e. The standard InChI is InChI=1S/C15H27N3O2/c1-5-8-15(20,9-6-2)11-14(19)17-13-7-10-16-18(13)12(3)4/h7,10,12,20H,5-6,8-9,11H2,1-4H3,(H,17,19). The van der Waals surface area contributed by atoms with Crippen LogP contribution in [0.3, 0.4) is 0 Å². The van der Waals surface area contributed by atoms with E-state index in [1.54, 1.807) is 16.9 Å². The lowest BCUT2D eigenvalue weighted by Crippen LogP contribution is -2.34. The van der Waals surface area contributed by atoms with Crippen LogP contribution in [0.4, 0.5) is 5.82 Å². The molecule has 0 unspecified atom stereocenters. The third kappa shape index (κ3) is 4.63. The topological polar surface area (TPSA) is 67.2 Å². The van der Waals surface area contributed by atoms with Crippen LogP contribution in [-0.4, -0.2) is 26.4 Å². The number of hydrogen-bond acceptors (Lipinski definition) is 3. The summed E-state index contributed by atoms with van der Waals surface area (Å²) >= 11 is 0. The second-order valence-electron chi connectivity index (χ2n) is 5.70. The van der Waals surface area contributed by atoms with E-state index >= 15 is 0 Å². The Morgan fingerprint density at radius 1 is 1.40 bits per heavy atom. The van der Waals surface area contributed by atoms with Crippen molar-refractivity contribution in [3.05, 3.63) is 12.3 Å². The molecule has 0 bridgehead atoms. The van der Waals surface area contributed by atoms with E-state index < -0.39 is 5.60 Å². The first-order valence-electron chi connectivity index (χ1n) is 7.47. The van der Waals surface area contributed by atoms with Crippen LogP contribution in [-0.2, 0) is 4.79 Å². The molecule has 0 saturated carbocycles. The Bertz CT molecular complexity index is 421. The fraction of sp³-hybridized carbons (Fsp3) is 0.733. The highest BCUT2D eigenvalue weighted by atomic mass is 16.3. The van der Waals surface area contributed by atoms with Gasteiger partial charge in [0.25, 0.3) is 0 Å². The SMILES string of the molecule is CCCC(O)(CCC)CC(=O)Nc1ccnn1C(C)C. The van der Waals surface area contributed by atoms with Crippen LogP contribution >= 0.6 is 0 Å². The average molecular weight is 281 g/mol. The first-order valence-corrected chi connectivity index (χ1v) is 7.47. The lowest BCUT2D eigenvalue weighted by molar-refractivity contribution is -0.121. The molecule has 114 valence electrons. The van der Waals surface area contributed by atoms with Crippen molar-refractivity contribution in [1.82, 2.24) is 9.78 Å². The first kappa shape index (κ1) is 16.7. The van der Waals surface area contributed by atoms with E-state index in [2.05, 4.69) is 10.4 Å². The van der Waals surface area contributed by atoms with Crippen LogP contribution < -0.4 is 5.32 Å². The highest BCUT2D eigenvalue weighted by Gasteiger charge is 2.28. The lowest BCUT2D eigenvalue weighted by Gasteiger charge is -2.27. The molecule has 0 aromatic carbocycles. The molecule has 1 rings (SSSR count). The minimum absolute atomic E-state index is 0.137. The molecule has 0 aliphatic carbocycles. The van der Waals surface area contributed by atoms with Crippen molar-refractivity contribution in [3.63, 3.8) is 0 Å². The molecule has 2 N–H and O–H groups in total. The van der Waals surface area contributed by atoms with E-state index in [4.69, 9.17) is 0 Å². The number of carbonyl (C=O) groups is 1. The Balaban J connectivity index is 2.68. The van der Waals surface area contributed by atoms with Gasteiger partial charge in [0.15, 0.2) is 0 Å². The number of nitrogens with one attached hydrogen (secondary N) is 1. The molecule has 0 spiro atoms. The summed E-state index contributed by atoms with van der Waals surface area (Å²) in [6, 6.07) is 1.96. The fourth-order valence-electron chi connectivity index (χ4n) is 2.54. The van der Waals surface area contributed by atoms with Crippen LogP contribution in [0.2, 0.25) is 0 Å². The summed E-state index contributed by atoms with van der Waals surface area (Å²) < 4.78 is 1.76. The largest absolute Gasteiger partial charge is 0.389 e. The highest BCUT2D eigenvalue weighted by Crippen LogP contribution is 2.24. The summed E-state index contributed by atoms with van der Waals surface area (Å²) in [4.78, 5) is 12.1. The zero-order chi connectivity index (χ0) is 15.2. The van der Waals surface area contributed by atoms with E-state index in [0.717, 1.165) is 12.8 Å². The molecule has 0 aliphatic rings. The maximum absolute atomic E-state index is 12.1. The average Bonchev–Trinajstić information content (AvgIpc) is 2.76. The van der Waals surface area contributed by atoms with Crippen LogP contribution in [0, 0.1) is 0 Å². The van der Waals surface area contributed by atoms with Crippen molar-refractivity contribution in [2.75, 3.05) is 5.32 Å². The van der Waals surface area contributed by atoms with Crippen LogP contribution in [0.15, 0.2) is 12.3 Å². The second kappa shape index (κ2) is 7.43. The number of rotatable bonds is 8. The third-order valence-corrected chi connectivity index (χ3v) is 3.35. The number of nitrogens with zero attached hydrogens (tertiary/aromatic N) is 2. The summed E-state index contributed by atoms with van der Waals surface area (Å²) in [5.74, 6) is 0.525. The van der Waals surface area contributed by atoms with E-state index in [1.165, 1.54) is 0 Å². The maximum atomic E-state index is 12.1. The van der Waals surface area contributed by atoms with Gasteiger partial charge in [-0.2, -0.15) is 5.10 Å². The number of hydrogen-bond donors (Lipinski definition) is 2. The zero-order valence-electron chi connectivity index (χ0n) is 13.0. The van der Waals surface area contributed by atoms with Crippen molar-refractivity contribution >= 4 is 11.7 Å². The highest BCUT2D eigenvalue weighted by molar-refractivity contribution is 5.90. The molecule has 1 aromatic heterocycles. The van der Waals surface area contributed by atoms with E-state index in [9.17, 15) is 9.90 Å². The number of aliphatic hydroxyl groups is 1. The summed E-state index contributed by atoms with van der Waals surface area (Å²) in [5.41, 5.74) is -0.893. The molecule has 20 heavy (non-hydrogen) atoms. The molecule has 5 heteroatoms. The van der Waals surface area contributed by atoms with Gasteiger partial charge in [0.1, 0.15) is 5.82 Å². The molecule has 0 fully saturated rings. The smallest absolute Gasteiger partial charge is 0.228 e. The van der Waals surface area contributed by atoms with Gasteiger partial charge in [-0.15, -0.1) is 0 Å². The van der Waals surface area contributed by atoms with Crippen LogP contribution in [0.5, 0.6) is 0 Å². The second-order valence-corrected chi connectivity index (χ2v) is 5.70. The third-order valence-electron chi connectivity index (χ3n) is 3.35. The van der Waals surface area contributed by atoms with Gasteiger partial charge in [-0.1, -0.05) is 26.7 Å². The number of carbonyl (C=O) groups excluding carboxylic acids is 1. The minimum atomic E-state index is -0.893. The van der Waals surface area contributed by atoms with Gasteiger partial charge in [0.2, 0.25) is 5.91 Å². The number of amides is 1. The molecule has 0 aliphatic heterocycles. The molecule has 1 heterocycles. The molecular weight excluding hydrogens is 254 g/mol. The predicted octanol–water partition coefficient (Wildman–Crippen LogP) is 3.12. The minimum Gasteiger partial charge on any atom is -0.389 e. The quantitative estimate of drug-likeness (QED) is 0.769. The van der Waals surface area contributed by atoms with E-state index in [1.807, 2.05) is 27.7 Å². The molecule has 0 radical (unpaired) electrons. The Labute approximate surface area is 121 Å². The van der Waals surface area contributed by atoms with Gasteiger partial charge in [0, 0.05) is 12.1 Å². The van der Waals surface area contributed by atoms with Gasteiger partial charge in [0.05, 0.1) is 18.2 Å². The predicted molar refractivity (Wildman–Crippen MR) is 80.6 cm³/mol. The van der Waals surface area contributed by atoms with Crippen molar-refractivity contribution in [2.45, 2.75) is 71.4 Å². The van der Waals surface area contributed by atoms with Gasteiger partial charge in [-0.25, -0.2) is 4.68 Å². The summed E-state index contributed by atoms with van der Waals surface area (Å²) in [6.07, 6.45) is 4.84. The Hall–Kier alpha value is -1.36. The number of aromatic nitrogens is 2. The van der Waals surface area contributed by atoms with Crippen molar-refractivity contribution in [3.8, 4) is 0 Å². The van der Waals surface area contributed by atoms with Crippen molar-refractivity contribution < 1.29 is 9.90 Å². The Morgan fingerprint density at radius 3 is 2.50 bits per heavy atom. The molecular formula is C15H27N3O2. The summed E-state index contributed by atoms with van der Waals surface area (Å²) in [5, 5.41) is 17.5. The number of anilines is 1. The van der Waals surface area contributed by atoms with Crippen LogP contribution in [0.1, 0.15) is 65.8 Å². The van der Waals surface area contributed by atoms with E-state index in [0.29, 0.717) is 18.7 Å². The molecule has 0 saturated heterocycles. The van der Waals surface area contributed by atoms with Gasteiger partial charge < -0.3 is 10.4 Å². The Morgan fingerprint density at radius 2 is 2.00 bits per heavy atom. The van der Waals surface area contributed by atoms with Gasteiger partial charge >= 0.3 is 0 Å². The Kier molecular flexibility index (Phi) is 6.20. The lowest BCUT2D eigenvalue weighted by atomic mass is 9.89. The molecule has 5 nitrogen and oxygen atoms in total. The van der Waals surface area contributed by atoms with Gasteiger partial charge in [-0.3, -0.25) is 4.79 Å².